The molecule has 2 unspecified atom stereocenters. The van der Waals surface area contributed by atoms with E-state index in [0.717, 1.165) is 32.4 Å². The van der Waals surface area contributed by atoms with Crippen molar-refractivity contribution in [2.75, 3.05) is 13.1 Å². The van der Waals surface area contributed by atoms with Crippen LogP contribution >= 0.6 is 0 Å². The molecule has 0 aromatic rings. The summed E-state index contributed by atoms with van der Waals surface area (Å²) < 4.78 is 0. The lowest BCUT2D eigenvalue weighted by Crippen LogP contribution is -2.29. The van der Waals surface area contributed by atoms with Crippen LogP contribution in [-0.2, 0) is 4.79 Å². The predicted octanol–water partition coefficient (Wildman–Crippen LogP) is 1.73. The Labute approximate surface area is 85.9 Å². The molecule has 2 N–H and O–H groups in total. The van der Waals surface area contributed by atoms with Gasteiger partial charge in [0.1, 0.15) is 0 Å². The van der Waals surface area contributed by atoms with Gasteiger partial charge in [-0.05, 0) is 44.2 Å². The molecule has 82 valence electrons. The number of nitrogens with one attached hydrogen (secondary N) is 1. The lowest BCUT2D eigenvalue weighted by molar-refractivity contribution is -0.145. The van der Waals surface area contributed by atoms with E-state index in [1.165, 1.54) is 0 Å². The molecule has 1 saturated heterocycles. The molecule has 0 amide bonds. The molecule has 1 fully saturated rings. The van der Waals surface area contributed by atoms with Crippen molar-refractivity contribution in [3.05, 3.63) is 0 Å². The summed E-state index contributed by atoms with van der Waals surface area (Å²) in [5, 5.41) is 12.5. The highest BCUT2D eigenvalue weighted by molar-refractivity contribution is 5.70. The second-order valence-corrected chi connectivity index (χ2v) is 4.55. The van der Waals surface area contributed by atoms with Gasteiger partial charge in [0, 0.05) is 0 Å². The zero-order valence-electron chi connectivity index (χ0n) is 9.12. The van der Waals surface area contributed by atoms with Crippen LogP contribution in [0.15, 0.2) is 0 Å². The van der Waals surface area contributed by atoms with Gasteiger partial charge in [0.05, 0.1) is 5.92 Å². The Hall–Kier alpha value is -0.570. The summed E-state index contributed by atoms with van der Waals surface area (Å²) in [6.07, 6.45) is 3.18. The van der Waals surface area contributed by atoms with Gasteiger partial charge in [0.15, 0.2) is 0 Å². The standard InChI is InChI=1S/C11H21NO2/c1-8(2)10(11(13)14)9-4-3-6-12-7-5-9/h8-10,12H,3-7H2,1-2H3,(H,13,14). The Kier molecular flexibility index (Phi) is 4.39. The second kappa shape index (κ2) is 5.35. The first-order chi connectivity index (χ1) is 6.63. The molecule has 1 aliphatic heterocycles. The number of hydrogen-bond donors (Lipinski definition) is 2. The monoisotopic (exact) mass is 199 g/mol. The maximum absolute atomic E-state index is 11.1. The summed E-state index contributed by atoms with van der Waals surface area (Å²) in [7, 11) is 0. The maximum Gasteiger partial charge on any atom is 0.307 e. The molecule has 0 bridgehead atoms. The Bertz CT molecular complexity index is 184. The lowest BCUT2D eigenvalue weighted by atomic mass is 9.79. The van der Waals surface area contributed by atoms with Crippen molar-refractivity contribution >= 4 is 5.97 Å². The van der Waals surface area contributed by atoms with Crippen molar-refractivity contribution in [1.82, 2.24) is 5.32 Å². The van der Waals surface area contributed by atoms with Gasteiger partial charge >= 0.3 is 5.97 Å². The third-order valence-corrected chi connectivity index (χ3v) is 3.13. The largest absolute Gasteiger partial charge is 0.481 e. The van der Waals surface area contributed by atoms with E-state index in [9.17, 15) is 4.79 Å². The van der Waals surface area contributed by atoms with Crippen LogP contribution in [-0.4, -0.2) is 24.2 Å². The highest BCUT2D eigenvalue weighted by Gasteiger charge is 2.30. The molecule has 0 aromatic heterocycles. The minimum Gasteiger partial charge on any atom is -0.481 e. The third kappa shape index (κ3) is 2.98. The Morgan fingerprint density at radius 3 is 2.64 bits per heavy atom. The molecule has 2 atom stereocenters. The minimum atomic E-state index is -0.619. The number of carboxylic acid groups (broad SMARTS) is 1. The van der Waals surface area contributed by atoms with Crippen molar-refractivity contribution in [2.45, 2.75) is 33.1 Å². The fourth-order valence-electron chi connectivity index (χ4n) is 2.44. The minimum absolute atomic E-state index is 0.158. The molecule has 0 aromatic carbocycles. The van der Waals surface area contributed by atoms with Crippen LogP contribution in [0.1, 0.15) is 33.1 Å². The maximum atomic E-state index is 11.1. The van der Waals surface area contributed by atoms with Crippen LogP contribution in [0.5, 0.6) is 0 Å². The van der Waals surface area contributed by atoms with E-state index in [-0.39, 0.29) is 11.8 Å². The van der Waals surface area contributed by atoms with Crippen molar-refractivity contribution in [3.8, 4) is 0 Å². The van der Waals surface area contributed by atoms with E-state index in [1.807, 2.05) is 13.8 Å². The summed E-state index contributed by atoms with van der Waals surface area (Å²) in [6.45, 7) is 6.04. The highest BCUT2D eigenvalue weighted by atomic mass is 16.4. The van der Waals surface area contributed by atoms with E-state index in [2.05, 4.69) is 5.32 Å². The quantitative estimate of drug-likeness (QED) is 0.727. The van der Waals surface area contributed by atoms with Crippen LogP contribution in [0.3, 0.4) is 0 Å². The van der Waals surface area contributed by atoms with Gasteiger partial charge in [-0.2, -0.15) is 0 Å². The van der Waals surface area contributed by atoms with E-state index in [1.54, 1.807) is 0 Å². The van der Waals surface area contributed by atoms with Gasteiger partial charge in [-0.25, -0.2) is 0 Å². The summed E-state index contributed by atoms with van der Waals surface area (Å²) in [4.78, 5) is 11.1. The first-order valence-electron chi connectivity index (χ1n) is 5.56. The summed E-state index contributed by atoms with van der Waals surface area (Å²) in [5.41, 5.74) is 0. The molecule has 1 aliphatic rings. The van der Waals surface area contributed by atoms with E-state index in [4.69, 9.17) is 5.11 Å². The zero-order valence-corrected chi connectivity index (χ0v) is 9.12. The van der Waals surface area contributed by atoms with Crippen molar-refractivity contribution in [1.29, 1.82) is 0 Å². The second-order valence-electron chi connectivity index (χ2n) is 4.55. The number of hydrogen-bond acceptors (Lipinski definition) is 2. The van der Waals surface area contributed by atoms with Gasteiger partial charge in [-0.1, -0.05) is 13.8 Å². The number of aliphatic carboxylic acids is 1. The molecule has 0 saturated carbocycles. The van der Waals surface area contributed by atoms with Gasteiger partial charge in [0.25, 0.3) is 0 Å². The summed E-state index contributed by atoms with van der Waals surface area (Å²) in [6, 6.07) is 0. The smallest absolute Gasteiger partial charge is 0.307 e. The fraction of sp³-hybridized carbons (Fsp3) is 0.909. The van der Waals surface area contributed by atoms with Crippen molar-refractivity contribution in [3.63, 3.8) is 0 Å². The normalized spacial score (nSPS) is 25.8. The molecule has 0 aliphatic carbocycles. The topological polar surface area (TPSA) is 49.3 Å². The molecule has 1 heterocycles. The molecule has 0 spiro atoms. The summed E-state index contributed by atoms with van der Waals surface area (Å²) in [5.74, 6) is -0.167. The molecule has 1 rings (SSSR count). The third-order valence-electron chi connectivity index (χ3n) is 3.13. The lowest BCUT2D eigenvalue weighted by Gasteiger charge is -2.25. The van der Waals surface area contributed by atoms with Crippen molar-refractivity contribution < 1.29 is 9.90 Å². The van der Waals surface area contributed by atoms with Crippen LogP contribution < -0.4 is 5.32 Å². The fourth-order valence-corrected chi connectivity index (χ4v) is 2.44. The Morgan fingerprint density at radius 2 is 2.07 bits per heavy atom. The predicted molar refractivity (Wildman–Crippen MR) is 56.2 cm³/mol. The van der Waals surface area contributed by atoms with Crippen LogP contribution in [0.2, 0.25) is 0 Å². The van der Waals surface area contributed by atoms with Crippen LogP contribution in [0.4, 0.5) is 0 Å². The number of rotatable bonds is 3. The van der Waals surface area contributed by atoms with E-state index < -0.39 is 5.97 Å². The molecule has 0 radical (unpaired) electrons. The van der Waals surface area contributed by atoms with Crippen molar-refractivity contribution in [2.24, 2.45) is 17.8 Å². The highest BCUT2D eigenvalue weighted by Crippen LogP contribution is 2.28. The molecule has 3 heteroatoms. The first-order valence-corrected chi connectivity index (χ1v) is 5.56. The van der Waals surface area contributed by atoms with Crippen LogP contribution in [0.25, 0.3) is 0 Å². The molecule has 14 heavy (non-hydrogen) atoms. The molecule has 3 nitrogen and oxygen atoms in total. The van der Waals surface area contributed by atoms with Gasteiger partial charge in [-0.3, -0.25) is 4.79 Å². The number of carboxylic acids is 1. The Balaban J connectivity index is 2.60. The number of carbonyl (C=O) groups is 1. The van der Waals surface area contributed by atoms with Gasteiger partial charge in [-0.15, -0.1) is 0 Å². The molecular formula is C11H21NO2. The van der Waals surface area contributed by atoms with Gasteiger partial charge < -0.3 is 10.4 Å². The Morgan fingerprint density at radius 1 is 1.36 bits per heavy atom. The SMILES string of the molecule is CC(C)C(C(=O)O)C1CCCNCC1. The average Bonchev–Trinajstić information content (AvgIpc) is 2.31. The van der Waals surface area contributed by atoms with E-state index >= 15 is 0 Å². The molecular weight excluding hydrogens is 178 g/mol. The van der Waals surface area contributed by atoms with E-state index in [0.29, 0.717) is 5.92 Å². The zero-order chi connectivity index (χ0) is 10.6. The summed E-state index contributed by atoms with van der Waals surface area (Å²) >= 11 is 0. The first kappa shape index (κ1) is 11.5. The van der Waals surface area contributed by atoms with Gasteiger partial charge in [0.2, 0.25) is 0 Å². The van der Waals surface area contributed by atoms with Crippen LogP contribution in [0, 0.1) is 17.8 Å². The average molecular weight is 199 g/mol.